The van der Waals surface area contributed by atoms with Crippen LogP contribution in [0.2, 0.25) is 0 Å². The highest BCUT2D eigenvalue weighted by molar-refractivity contribution is 7.22. The number of furan rings is 1. The molecule has 156 valence electrons. The molecule has 0 bridgehead atoms. The van der Waals surface area contributed by atoms with Crippen molar-refractivity contribution in [2.24, 2.45) is 0 Å². The van der Waals surface area contributed by atoms with E-state index in [9.17, 15) is 14.9 Å². The molecule has 3 aromatic rings. The van der Waals surface area contributed by atoms with E-state index in [2.05, 4.69) is 4.98 Å². The highest BCUT2D eigenvalue weighted by Crippen LogP contribution is 2.35. The van der Waals surface area contributed by atoms with Gasteiger partial charge >= 0.3 is 5.88 Å². The Hall–Kier alpha value is -2.69. The number of nitrogens with zero attached hydrogens (tertiary/aromatic N) is 4. The Bertz CT molecular complexity index is 1000. The van der Waals surface area contributed by atoms with Crippen LogP contribution in [0.15, 0.2) is 34.7 Å². The summed E-state index contributed by atoms with van der Waals surface area (Å²) in [6.45, 7) is 3.33. The van der Waals surface area contributed by atoms with Gasteiger partial charge in [0.2, 0.25) is 0 Å². The fourth-order valence-corrected chi connectivity index (χ4v) is 3.56. The van der Waals surface area contributed by atoms with Gasteiger partial charge < -0.3 is 14.1 Å². The van der Waals surface area contributed by atoms with Crippen molar-refractivity contribution in [3.63, 3.8) is 0 Å². The molecule has 11 heteroatoms. The number of hydrogen-bond acceptors (Lipinski definition) is 8. The maximum atomic E-state index is 13.0. The van der Waals surface area contributed by atoms with Crippen LogP contribution < -0.4 is 9.64 Å². The van der Waals surface area contributed by atoms with Crippen molar-refractivity contribution >= 4 is 50.9 Å². The lowest BCUT2D eigenvalue weighted by molar-refractivity contribution is -0.402. The van der Waals surface area contributed by atoms with E-state index in [0.717, 1.165) is 4.70 Å². The van der Waals surface area contributed by atoms with Gasteiger partial charge in [0.25, 0.3) is 5.91 Å². The third kappa shape index (κ3) is 5.03. The summed E-state index contributed by atoms with van der Waals surface area (Å²) in [4.78, 5) is 31.2. The standard InChI is InChI=1S/C18H20N4O5S.ClH/c1-4-26-12-6-5-7-14-16(12)19-18(28-14)21(11-10-20(2)3)17(23)13-8-9-15(27-13)22(24)25;/h5-9H,4,10-11H2,1-3H3;1H. The van der Waals surface area contributed by atoms with Crippen LogP contribution in [0, 0.1) is 10.1 Å². The van der Waals surface area contributed by atoms with Gasteiger partial charge in [-0.15, -0.1) is 12.4 Å². The van der Waals surface area contributed by atoms with Crippen LogP contribution >= 0.6 is 23.7 Å². The predicted molar refractivity (Wildman–Crippen MR) is 114 cm³/mol. The highest BCUT2D eigenvalue weighted by Gasteiger charge is 2.26. The van der Waals surface area contributed by atoms with Crippen LogP contribution in [-0.4, -0.2) is 54.5 Å². The average molecular weight is 441 g/mol. The Balaban J connectivity index is 0.00000300. The SMILES string of the molecule is CCOc1cccc2sc(N(CCN(C)C)C(=O)c3ccc([N+](=O)[O-])o3)nc12.Cl. The molecule has 3 rings (SSSR count). The molecule has 0 radical (unpaired) electrons. The second-order valence-electron chi connectivity index (χ2n) is 6.19. The van der Waals surface area contributed by atoms with Gasteiger partial charge in [-0.1, -0.05) is 17.4 Å². The third-order valence-corrected chi connectivity index (χ3v) is 4.94. The molecule has 0 unspecified atom stereocenters. The number of benzene rings is 1. The Morgan fingerprint density at radius 1 is 1.28 bits per heavy atom. The topological polar surface area (TPSA) is 102 Å². The number of carbonyl (C=O) groups excluding carboxylic acids is 1. The Labute approximate surface area is 177 Å². The van der Waals surface area contributed by atoms with Gasteiger partial charge in [0.1, 0.15) is 16.2 Å². The Morgan fingerprint density at radius 3 is 2.66 bits per heavy atom. The van der Waals surface area contributed by atoms with Gasteiger partial charge in [0, 0.05) is 13.1 Å². The number of ether oxygens (including phenoxy) is 1. The maximum absolute atomic E-state index is 13.0. The molecule has 0 saturated heterocycles. The van der Waals surface area contributed by atoms with E-state index >= 15 is 0 Å². The summed E-state index contributed by atoms with van der Waals surface area (Å²) >= 11 is 1.35. The lowest BCUT2D eigenvalue weighted by Crippen LogP contribution is -2.36. The molecule has 0 aliphatic rings. The van der Waals surface area contributed by atoms with Crippen LogP contribution in [-0.2, 0) is 0 Å². The van der Waals surface area contributed by atoms with E-state index in [-0.39, 0.29) is 18.2 Å². The monoisotopic (exact) mass is 440 g/mol. The second-order valence-corrected chi connectivity index (χ2v) is 7.20. The summed E-state index contributed by atoms with van der Waals surface area (Å²) in [6.07, 6.45) is 0. The molecule has 2 heterocycles. The van der Waals surface area contributed by atoms with E-state index in [4.69, 9.17) is 9.15 Å². The Morgan fingerprint density at radius 2 is 2.03 bits per heavy atom. The smallest absolute Gasteiger partial charge is 0.433 e. The summed E-state index contributed by atoms with van der Waals surface area (Å²) in [5, 5.41) is 11.3. The van der Waals surface area contributed by atoms with Crippen molar-refractivity contribution in [2.45, 2.75) is 6.92 Å². The number of hydrogen-bond donors (Lipinski definition) is 0. The van der Waals surface area contributed by atoms with Crippen molar-refractivity contribution < 1.29 is 18.9 Å². The Kier molecular flexibility index (Phi) is 7.54. The van der Waals surface area contributed by atoms with Crippen LogP contribution in [0.3, 0.4) is 0 Å². The number of carbonyl (C=O) groups is 1. The molecule has 1 aromatic carbocycles. The molecule has 0 N–H and O–H groups in total. The second kappa shape index (κ2) is 9.68. The number of nitro groups is 1. The number of aromatic nitrogens is 1. The molecule has 0 fully saturated rings. The number of amides is 1. The minimum Gasteiger partial charge on any atom is -0.492 e. The largest absolute Gasteiger partial charge is 0.492 e. The number of likely N-dealkylation sites (N-methyl/N-ethyl adjacent to an activating group) is 1. The van der Waals surface area contributed by atoms with Gasteiger partial charge in [-0.25, -0.2) is 4.98 Å². The highest BCUT2D eigenvalue weighted by atomic mass is 35.5. The van der Waals surface area contributed by atoms with Crippen molar-refractivity contribution in [1.29, 1.82) is 0 Å². The van der Waals surface area contributed by atoms with Gasteiger partial charge in [-0.05, 0) is 39.2 Å². The van der Waals surface area contributed by atoms with Gasteiger partial charge in [0.15, 0.2) is 10.9 Å². The lowest BCUT2D eigenvalue weighted by Gasteiger charge is -2.20. The summed E-state index contributed by atoms with van der Waals surface area (Å²) < 4.78 is 11.6. The van der Waals surface area contributed by atoms with Crippen LogP contribution in [0.25, 0.3) is 10.2 Å². The van der Waals surface area contributed by atoms with E-state index in [1.54, 1.807) is 0 Å². The van der Waals surface area contributed by atoms with Gasteiger partial charge in [-0.2, -0.15) is 0 Å². The number of halogens is 1. The first kappa shape index (κ1) is 22.6. The van der Waals surface area contributed by atoms with Crippen LogP contribution in [0.1, 0.15) is 17.5 Å². The van der Waals surface area contributed by atoms with Crippen molar-refractivity contribution in [3.8, 4) is 5.75 Å². The molecule has 0 atom stereocenters. The third-order valence-electron chi connectivity index (χ3n) is 3.90. The molecule has 0 aliphatic heterocycles. The van der Waals surface area contributed by atoms with Crippen LogP contribution in [0.5, 0.6) is 5.75 Å². The van der Waals surface area contributed by atoms with Crippen molar-refractivity contribution in [1.82, 2.24) is 9.88 Å². The van der Waals surface area contributed by atoms with Crippen molar-refractivity contribution in [3.05, 3.63) is 46.2 Å². The first-order valence-corrected chi connectivity index (χ1v) is 9.45. The number of rotatable bonds is 8. The zero-order valence-electron chi connectivity index (χ0n) is 16.2. The normalized spacial score (nSPS) is 10.8. The zero-order valence-corrected chi connectivity index (χ0v) is 17.8. The minimum atomic E-state index is -0.674. The maximum Gasteiger partial charge on any atom is 0.433 e. The number of thiazole rings is 1. The number of para-hydroxylation sites is 1. The summed E-state index contributed by atoms with van der Waals surface area (Å²) in [6, 6.07) is 8.09. The molecule has 0 spiro atoms. The summed E-state index contributed by atoms with van der Waals surface area (Å²) in [5.74, 6) is -0.406. The van der Waals surface area contributed by atoms with Gasteiger partial charge in [-0.3, -0.25) is 19.8 Å². The summed E-state index contributed by atoms with van der Waals surface area (Å²) in [5.41, 5.74) is 0.678. The molecule has 29 heavy (non-hydrogen) atoms. The first-order chi connectivity index (χ1) is 13.4. The van der Waals surface area contributed by atoms with E-state index in [0.29, 0.717) is 36.1 Å². The molecular weight excluding hydrogens is 420 g/mol. The van der Waals surface area contributed by atoms with E-state index < -0.39 is 16.7 Å². The van der Waals surface area contributed by atoms with E-state index in [1.807, 2.05) is 44.1 Å². The fraction of sp³-hybridized carbons (Fsp3) is 0.333. The molecule has 2 aromatic heterocycles. The quantitative estimate of drug-likeness (QED) is 0.387. The predicted octanol–water partition coefficient (Wildman–Crippen LogP) is 3.83. The molecule has 0 aliphatic carbocycles. The van der Waals surface area contributed by atoms with Crippen molar-refractivity contribution in [2.75, 3.05) is 38.7 Å². The zero-order chi connectivity index (χ0) is 20.3. The first-order valence-electron chi connectivity index (χ1n) is 8.64. The van der Waals surface area contributed by atoms with E-state index in [1.165, 1.54) is 28.4 Å². The number of fused-ring (bicyclic) bond motifs is 1. The molecular formula is C18H21ClN4O5S. The van der Waals surface area contributed by atoms with Crippen LogP contribution in [0.4, 0.5) is 11.0 Å². The molecule has 9 nitrogen and oxygen atoms in total. The minimum absolute atomic E-state index is 0. The molecule has 0 saturated carbocycles. The summed E-state index contributed by atoms with van der Waals surface area (Å²) in [7, 11) is 3.79. The average Bonchev–Trinajstić information content (AvgIpc) is 3.29. The number of anilines is 1. The fourth-order valence-electron chi connectivity index (χ4n) is 2.56. The lowest BCUT2D eigenvalue weighted by atomic mass is 10.3. The molecule has 1 amide bonds. The van der Waals surface area contributed by atoms with Gasteiger partial charge in [0.05, 0.1) is 17.4 Å².